The first-order valence-electron chi connectivity index (χ1n) is 9.25. The maximum atomic E-state index is 12.9. The molecule has 0 saturated carbocycles. The normalized spacial score (nSPS) is 15.0. The molecule has 2 heterocycles. The van der Waals surface area contributed by atoms with Crippen molar-refractivity contribution >= 4 is 22.8 Å². The van der Waals surface area contributed by atoms with Gasteiger partial charge in [-0.15, -0.1) is 0 Å². The molecular formula is C21H22N4O2. The van der Waals surface area contributed by atoms with E-state index in [2.05, 4.69) is 9.97 Å². The number of rotatable bonds is 3. The second-order valence-electron chi connectivity index (χ2n) is 6.82. The lowest BCUT2D eigenvalue weighted by atomic mass is 10.1. The van der Waals surface area contributed by atoms with Crippen molar-refractivity contribution in [3.05, 3.63) is 66.0 Å². The molecule has 0 atom stereocenters. The summed E-state index contributed by atoms with van der Waals surface area (Å²) in [5.41, 5.74) is 3.37. The summed E-state index contributed by atoms with van der Waals surface area (Å²) in [5, 5.41) is 0. The van der Waals surface area contributed by atoms with Crippen molar-refractivity contribution in [2.45, 2.75) is 12.8 Å². The van der Waals surface area contributed by atoms with Gasteiger partial charge in [-0.25, -0.2) is 4.98 Å². The van der Waals surface area contributed by atoms with Gasteiger partial charge in [0, 0.05) is 31.7 Å². The molecule has 1 aliphatic rings. The standard InChI is InChI=1S/C21H22N4O2/c26-20(13-16-5-2-1-3-6-16)24-9-4-10-25(12-11-24)21(27)17-7-8-18-19(14-17)23-15-22-18/h1-3,5-8,14-15H,4,9-13H2,(H,22,23). The minimum Gasteiger partial charge on any atom is -0.345 e. The van der Waals surface area contributed by atoms with E-state index in [1.54, 1.807) is 6.33 Å². The van der Waals surface area contributed by atoms with E-state index in [9.17, 15) is 9.59 Å². The van der Waals surface area contributed by atoms with Crippen LogP contribution in [0.3, 0.4) is 0 Å². The number of benzene rings is 2. The number of carbonyl (C=O) groups excluding carboxylic acids is 2. The second-order valence-corrected chi connectivity index (χ2v) is 6.82. The molecule has 0 bridgehead atoms. The van der Waals surface area contributed by atoms with Gasteiger partial charge in [-0.2, -0.15) is 0 Å². The first kappa shape index (κ1) is 17.3. The van der Waals surface area contributed by atoms with Gasteiger partial charge >= 0.3 is 0 Å². The van der Waals surface area contributed by atoms with Crippen molar-refractivity contribution in [1.82, 2.24) is 19.8 Å². The fourth-order valence-corrected chi connectivity index (χ4v) is 3.50. The molecule has 27 heavy (non-hydrogen) atoms. The molecule has 0 unspecified atom stereocenters. The summed E-state index contributed by atoms with van der Waals surface area (Å²) in [4.78, 5) is 36.4. The summed E-state index contributed by atoms with van der Waals surface area (Å²) in [7, 11) is 0. The van der Waals surface area contributed by atoms with Crippen LogP contribution < -0.4 is 0 Å². The Kier molecular flexibility index (Phi) is 4.87. The SMILES string of the molecule is O=C(Cc1ccccc1)N1CCCN(C(=O)c2ccc3nc[nH]c3c2)CC1. The van der Waals surface area contributed by atoms with Crippen LogP contribution in [0.5, 0.6) is 0 Å². The molecule has 0 spiro atoms. The highest BCUT2D eigenvalue weighted by molar-refractivity contribution is 5.97. The van der Waals surface area contributed by atoms with Crippen LogP contribution in [-0.4, -0.2) is 57.8 Å². The number of H-pyrrole nitrogens is 1. The molecule has 2 amide bonds. The van der Waals surface area contributed by atoms with Gasteiger partial charge in [0.2, 0.25) is 5.91 Å². The molecular weight excluding hydrogens is 340 g/mol. The summed E-state index contributed by atoms with van der Waals surface area (Å²) >= 11 is 0. The van der Waals surface area contributed by atoms with Gasteiger partial charge in [0.15, 0.2) is 0 Å². The summed E-state index contributed by atoms with van der Waals surface area (Å²) in [5.74, 6) is 0.123. The molecule has 0 radical (unpaired) electrons. The van der Waals surface area contributed by atoms with Crippen molar-refractivity contribution in [2.24, 2.45) is 0 Å². The van der Waals surface area contributed by atoms with E-state index in [1.807, 2.05) is 58.3 Å². The minimum atomic E-state index is 0.00357. The van der Waals surface area contributed by atoms with Gasteiger partial charge in [-0.1, -0.05) is 30.3 Å². The van der Waals surface area contributed by atoms with Gasteiger partial charge in [0.05, 0.1) is 23.8 Å². The number of hydrogen-bond donors (Lipinski definition) is 1. The van der Waals surface area contributed by atoms with E-state index in [4.69, 9.17) is 0 Å². The Morgan fingerprint density at radius 2 is 1.74 bits per heavy atom. The third kappa shape index (κ3) is 3.84. The third-order valence-corrected chi connectivity index (χ3v) is 5.00. The maximum absolute atomic E-state index is 12.9. The fourth-order valence-electron chi connectivity index (χ4n) is 3.50. The topological polar surface area (TPSA) is 69.3 Å². The molecule has 138 valence electrons. The average Bonchev–Trinajstić information content (AvgIpc) is 3.02. The quantitative estimate of drug-likeness (QED) is 0.778. The Morgan fingerprint density at radius 1 is 0.963 bits per heavy atom. The number of hydrogen-bond acceptors (Lipinski definition) is 3. The predicted molar refractivity (Wildman–Crippen MR) is 103 cm³/mol. The van der Waals surface area contributed by atoms with E-state index in [0.717, 1.165) is 23.0 Å². The predicted octanol–water partition coefficient (Wildman–Crippen LogP) is 2.48. The molecule has 1 N–H and O–H groups in total. The van der Waals surface area contributed by atoms with Crippen LogP contribution in [0, 0.1) is 0 Å². The number of amides is 2. The Bertz CT molecular complexity index is 951. The van der Waals surface area contributed by atoms with Crippen LogP contribution in [0.25, 0.3) is 11.0 Å². The van der Waals surface area contributed by atoms with Gasteiger partial charge in [0.25, 0.3) is 5.91 Å². The number of nitrogens with zero attached hydrogens (tertiary/aromatic N) is 3. The maximum Gasteiger partial charge on any atom is 0.253 e. The molecule has 1 aliphatic heterocycles. The first-order valence-corrected chi connectivity index (χ1v) is 9.25. The molecule has 1 aromatic heterocycles. The van der Waals surface area contributed by atoms with Crippen LogP contribution in [0.2, 0.25) is 0 Å². The molecule has 1 fully saturated rings. The van der Waals surface area contributed by atoms with Crippen LogP contribution in [0.4, 0.5) is 0 Å². The average molecular weight is 362 g/mol. The van der Waals surface area contributed by atoms with Gasteiger partial charge in [0.1, 0.15) is 0 Å². The Morgan fingerprint density at radius 3 is 2.59 bits per heavy atom. The number of aromatic nitrogens is 2. The highest BCUT2D eigenvalue weighted by Gasteiger charge is 2.23. The number of fused-ring (bicyclic) bond motifs is 1. The van der Waals surface area contributed by atoms with E-state index in [0.29, 0.717) is 38.2 Å². The van der Waals surface area contributed by atoms with Crippen molar-refractivity contribution in [2.75, 3.05) is 26.2 Å². The van der Waals surface area contributed by atoms with Crippen molar-refractivity contribution in [3.8, 4) is 0 Å². The lowest BCUT2D eigenvalue weighted by molar-refractivity contribution is -0.130. The molecule has 6 nitrogen and oxygen atoms in total. The second kappa shape index (κ2) is 7.61. The first-order chi connectivity index (χ1) is 13.2. The Labute approximate surface area is 157 Å². The number of aromatic amines is 1. The summed E-state index contributed by atoms with van der Waals surface area (Å²) < 4.78 is 0. The number of imidazole rings is 1. The van der Waals surface area contributed by atoms with Crippen molar-refractivity contribution in [1.29, 1.82) is 0 Å². The molecule has 3 aromatic rings. The monoisotopic (exact) mass is 362 g/mol. The Balaban J connectivity index is 1.40. The van der Waals surface area contributed by atoms with E-state index < -0.39 is 0 Å². The minimum absolute atomic E-state index is 0.00357. The van der Waals surface area contributed by atoms with Crippen LogP contribution in [-0.2, 0) is 11.2 Å². The lowest BCUT2D eigenvalue weighted by Gasteiger charge is -2.22. The van der Waals surface area contributed by atoms with E-state index in [1.165, 1.54) is 0 Å². The third-order valence-electron chi connectivity index (χ3n) is 5.00. The summed E-state index contributed by atoms with van der Waals surface area (Å²) in [6, 6.07) is 15.3. The largest absolute Gasteiger partial charge is 0.345 e. The summed E-state index contributed by atoms with van der Waals surface area (Å²) in [6.07, 6.45) is 2.82. The van der Waals surface area contributed by atoms with Crippen molar-refractivity contribution < 1.29 is 9.59 Å². The Hall–Kier alpha value is -3.15. The van der Waals surface area contributed by atoms with Crippen LogP contribution >= 0.6 is 0 Å². The lowest BCUT2D eigenvalue weighted by Crippen LogP contribution is -2.38. The fraction of sp³-hybridized carbons (Fsp3) is 0.286. The van der Waals surface area contributed by atoms with Crippen LogP contribution in [0.15, 0.2) is 54.9 Å². The highest BCUT2D eigenvalue weighted by Crippen LogP contribution is 2.15. The molecule has 1 saturated heterocycles. The molecule has 6 heteroatoms. The van der Waals surface area contributed by atoms with Gasteiger partial charge in [-0.3, -0.25) is 9.59 Å². The molecule has 2 aromatic carbocycles. The smallest absolute Gasteiger partial charge is 0.253 e. The van der Waals surface area contributed by atoms with Crippen molar-refractivity contribution in [3.63, 3.8) is 0 Å². The number of carbonyl (C=O) groups is 2. The van der Waals surface area contributed by atoms with E-state index >= 15 is 0 Å². The van der Waals surface area contributed by atoms with Gasteiger partial charge in [-0.05, 0) is 30.2 Å². The summed E-state index contributed by atoms with van der Waals surface area (Å²) in [6.45, 7) is 2.48. The zero-order valence-corrected chi connectivity index (χ0v) is 15.1. The molecule has 4 rings (SSSR count). The van der Waals surface area contributed by atoms with Crippen LogP contribution in [0.1, 0.15) is 22.3 Å². The van der Waals surface area contributed by atoms with Gasteiger partial charge < -0.3 is 14.8 Å². The van der Waals surface area contributed by atoms with E-state index in [-0.39, 0.29) is 11.8 Å². The zero-order chi connectivity index (χ0) is 18.6. The highest BCUT2D eigenvalue weighted by atomic mass is 16.2. The number of nitrogens with one attached hydrogen (secondary N) is 1. The zero-order valence-electron chi connectivity index (χ0n) is 15.1. The molecule has 0 aliphatic carbocycles.